The first kappa shape index (κ1) is 27.0. The molecular formula is C26H31ClN2O5S. The van der Waals surface area contributed by atoms with Crippen LogP contribution in [0.25, 0.3) is 0 Å². The van der Waals surface area contributed by atoms with Crippen LogP contribution in [0.4, 0.5) is 5.69 Å². The number of fused-ring (bicyclic) bond motifs is 2. The molecule has 0 saturated carbocycles. The molecule has 2 N–H and O–H groups in total. The van der Waals surface area contributed by atoms with E-state index in [2.05, 4.69) is 17.4 Å². The van der Waals surface area contributed by atoms with Gasteiger partial charge in [0.05, 0.1) is 37.5 Å². The summed E-state index contributed by atoms with van der Waals surface area (Å²) < 4.78 is 44.8. The molecule has 4 rings (SSSR count). The minimum absolute atomic E-state index is 0. The molecule has 9 heteroatoms. The predicted molar refractivity (Wildman–Crippen MR) is 131 cm³/mol. The van der Waals surface area contributed by atoms with Crippen LogP contribution in [0, 0.1) is 0 Å². The van der Waals surface area contributed by atoms with E-state index in [-0.39, 0.29) is 25.2 Å². The highest BCUT2D eigenvalue weighted by Gasteiger charge is 2.38. The molecule has 35 heavy (non-hydrogen) atoms. The molecule has 1 unspecified atom stereocenters. The fourth-order valence-electron chi connectivity index (χ4n) is 4.26. The monoisotopic (exact) mass is 518 g/mol. The van der Waals surface area contributed by atoms with E-state index in [1.807, 2.05) is 48.5 Å². The number of para-hydroxylation sites is 1. The number of methoxy groups -OCH3 is 2. The van der Waals surface area contributed by atoms with Gasteiger partial charge in [-0.05, 0) is 29.8 Å². The summed E-state index contributed by atoms with van der Waals surface area (Å²) in [7, 11) is -0.560. The lowest BCUT2D eigenvalue weighted by Crippen LogP contribution is -3.00. The highest BCUT2D eigenvalue weighted by molar-refractivity contribution is 7.92. The molecule has 0 saturated heterocycles. The van der Waals surface area contributed by atoms with Crippen molar-refractivity contribution in [1.82, 2.24) is 0 Å². The van der Waals surface area contributed by atoms with Crippen LogP contribution in [0.3, 0.4) is 0 Å². The molecule has 0 amide bonds. The molecular weight excluding hydrogens is 488 g/mol. The summed E-state index contributed by atoms with van der Waals surface area (Å²) in [5.74, 6) is 0.831. The number of nitrogens with two attached hydrogens (primary N) is 1. The number of sulfonamides is 1. The van der Waals surface area contributed by atoms with Crippen molar-refractivity contribution in [2.24, 2.45) is 0 Å². The van der Waals surface area contributed by atoms with Gasteiger partial charge < -0.3 is 31.9 Å². The second-order valence-corrected chi connectivity index (χ2v) is 9.91. The fraction of sp³-hybridized carbons (Fsp3) is 0.308. The van der Waals surface area contributed by atoms with E-state index in [0.29, 0.717) is 23.8 Å². The highest BCUT2D eigenvalue weighted by Crippen LogP contribution is 2.38. The van der Waals surface area contributed by atoms with Gasteiger partial charge in [-0.1, -0.05) is 48.5 Å². The van der Waals surface area contributed by atoms with Crippen molar-refractivity contribution in [1.29, 1.82) is 0 Å². The molecule has 0 radical (unpaired) electrons. The van der Waals surface area contributed by atoms with Gasteiger partial charge in [-0.2, -0.15) is 0 Å². The van der Waals surface area contributed by atoms with Crippen LogP contribution in [-0.2, 0) is 25.9 Å². The Hall–Kier alpha value is -2.62. The maximum absolute atomic E-state index is 13.7. The Morgan fingerprint density at radius 3 is 2.29 bits per heavy atom. The normalized spacial score (nSPS) is 15.9. The van der Waals surface area contributed by atoms with E-state index in [0.717, 1.165) is 29.8 Å². The van der Waals surface area contributed by atoms with Crippen molar-refractivity contribution >= 4 is 15.7 Å². The number of nitrogens with zero attached hydrogens (tertiary/aromatic N) is 1. The Kier molecular flexibility index (Phi) is 9.54. The molecule has 0 aliphatic carbocycles. The minimum atomic E-state index is -3.80. The Labute approximate surface area is 213 Å². The highest BCUT2D eigenvalue weighted by atomic mass is 35.5. The van der Waals surface area contributed by atoms with E-state index in [4.69, 9.17) is 14.2 Å². The first-order chi connectivity index (χ1) is 16.6. The summed E-state index contributed by atoms with van der Waals surface area (Å²) in [4.78, 5) is 0.312. The van der Waals surface area contributed by atoms with Crippen LogP contribution in [0.5, 0.6) is 5.75 Å². The van der Waals surface area contributed by atoms with E-state index < -0.39 is 10.0 Å². The first-order valence-corrected chi connectivity index (χ1v) is 12.7. The van der Waals surface area contributed by atoms with Gasteiger partial charge in [0.15, 0.2) is 0 Å². The summed E-state index contributed by atoms with van der Waals surface area (Å²) in [6.45, 7) is 1.43. The van der Waals surface area contributed by atoms with Crippen LogP contribution in [0.15, 0.2) is 77.7 Å². The molecule has 0 bridgehead atoms. The van der Waals surface area contributed by atoms with Crippen molar-refractivity contribution in [2.45, 2.75) is 17.4 Å². The molecule has 3 aromatic carbocycles. The van der Waals surface area contributed by atoms with Gasteiger partial charge in [0.2, 0.25) is 0 Å². The van der Waals surface area contributed by atoms with Gasteiger partial charge in [-0.3, -0.25) is 0 Å². The van der Waals surface area contributed by atoms with E-state index in [9.17, 15) is 8.42 Å². The van der Waals surface area contributed by atoms with Gasteiger partial charge in [0.1, 0.15) is 18.5 Å². The van der Waals surface area contributed by atoms with Crippen LogP contribution in [0.1, 0.15) is 22.7 Å². The second kappa shape index (κ2) is 12.4. The van der Waals surface area contributed by atoms with Crippen molar-refractivity contribution in [3.05, 3.63) is 89.5 Å². The molecule has 0 aromatic heterocycles. The number of hydrogen-bond acceptors (Lipinski definition) is 5. The third kappa shape index (κ3) is 5.97. The maximum Gasteiger partial charge on any atom is 0.266 e. The van der Waals surface area contributed by atoms with Crippen LogP contribution >= 0.6 is 0 Å². The Bertz CT molecular complexity index is 1200. The Morgan fingerprint density at radius 2 is 1.57 bits per heavy atom. The Morgan fingerprint density at radius 1 is 0.886 bits per heavy atom. The van der Waals surface area contributed by atoms with E-state index in [1.165, 1.54) is 9.87 Å². The summed E-state index contributed by atoms with van der Waals surface area (Å²) in [5, 5.41) is 2.21. The molecule has 1 heterocycles. The summed E-state index contributed by atoms with van der Waals surface area (Å²) >= 11 is 0. The zero-order valence-corrected chi connectivity index (χ0v) is 21.5. The van der Waals surface area contributed by atoms with Crippen molar-refractivity contribution < 1.29 is 40.4 Å². The third-order valence-corrected chi connectivity index (χ3v) is 7.81. The fourth-order valence-corrected chi connectivity index (χ4v) is 5.88. The number of benzene rings is 3. The number of quaternary nitrogens is 1. The van der Waals surface area contributed by atoms with Gasteiger partial charge in [0, 0.05) is 24.7 Å². The summed E-state index contributed by atoms with van der Waals surface area (Å²) in [6.07, 6.45) is 0.849. The van der Waals surface area contributed by atoms with Gasteiger partial charge >= 0.3 is 0 Å². The van der Waals surface area contributed by atoms with Crippen LogP contribution in [-0.4, -0.2) is 49.1 Å². The molecule has 7 nitrogen and oxygen atoms in total. The second-order valence-electron chi connectivity index (χ2n) is 8.08. The van der Waals surface area contributed by atoms with Crippen molar-refractivity contribution in [3.8, 4) is 5.75 Å². The minimum Gasteiger partial charge on any atom is -1.00 e. The zero-order valence-electron chi connectivity index (χ0n) is 19.9. The number of anilines is 1. The van der Waals surface area contributed by atoms with Gasteiger partial charge in [-0.15, -0.1) is 0 Å². The molecule has 0 spiro atoms. The molecule has 188 valence electrons. The molecule has 3 aromatic rings. The first-order valence-electron chi connectivity index (χ1n) is 11.3. The lowest BCUT2D eigenvalue weighted by Gasteiger charge is -2.24. The average Bonchev–Trinajstić information content (AvgIpc) is 2.94. The lowest BCUT2D eigenvalue weighted by molar-refractivity contribution is -0.686. The quantitative estimate of drug-likeness (QED) is 0.374. The van der Waals surface area contributed by atoms with Crippen LogP contribution in [0.2, 0.25) is 0 Å². The zero-order chi connectivity index (χ0) is 24.0. The smallest absolute Gasteiger partial charge is 0.266 e. The van der Waals surface area contributed by atoms with Crippen LogP contribution < -0.4 is 26.8 Å². The molecule has 1 atom stereocenters. The van der Waals surface area contributed by atoms with E-state index >= 15 is 0 Å². The predicted octanol–water partition coefficient (Wildman–Crippen LogP) is -0.276. The molecule has 1 aliphatic heterocycles. The standard InChI is InChI=1S/C26H30N2O5S.ClH/c1-31-17-18-33-19-28-24-9-5-3-7-22(24)26(23-8-4-6-10-25(23)34(28,29)30)27-16-15-20-11-13-21(32-2)14-12-20;/h3-14,26-27H,15-19H2,1-2H3;1H. The average molecular weight is 519 g/mol. The van der Waals surface area contributed by atoms with E-state index in [1.54, 1.807) is 26.4 Å². The number of hydrogen-bond donors (Lipinski definition) is 1. The summed E-state index contributed by atoms with van der Waals surface area (Å²) in [5.41, 5.74) is 3.57. The maximum atomic E-state index is 13.7. The molecule has 0 fully saturated rings. The topological polar surface area (TPSA) is 81.7 Å². The number of rotatable bonds is 10. The van der Waals surface area contributed by atoms with Crippen molar-refractivity contribution in [3.63, 3.8) is 0 Å². The number of ether oxygens (including phenoxy) is 3. The SMILES string of the molecule is COCCOCN1c2ccccc2C([NH2+]CCc2ccc(OC)cc2)c2ccccc2S1(=O)=O.[Cl-]. The molecule has 1 aliphatic rings. The Balaban J connectivity index is 0.00000342. The number of halogens is 1. The van der Waals surface area contributed by atoms with Crippen molar-refractivity contribution in [2.75, 3.05) is 45.0 Å². The van der Waals surface area contributed by atoms with Gasteiger partial charge in [-0.25, -0.2) is 12.7 Å². The third-order valence-electron chi connectivity index (χ3n) is 6.00. The lowest BCUT2D eigenvalue weighted by atomic mass is 9.96. The van der Waals surface area contributed by atoms with Gasteiger partial charge in [0.25, 0.3) is 10.0 Å². The largest absolute Gasteiger partial charge is 1.00 e. The summed E-state index contributed by atoms with van der Waals surface area (Å²) in [6, 6.07) is 22.8.